The summed E-state index contributed by atoms with van der Waals surface area (Å²) in [6.07, 6.45) is 8.65. The lowest BCUT2D eigenvalue weighted by Gasteiger charge is -2.36. The Bertz CT molecular complexity index is 1530. The highest BCUT2D eigenvalue weighted by Gasteiger charge is 2.46. The van der Waals surface area contributed by atoms with Gasteiger partial charge in [0, 0.05) is 50.3 Å². The predicted molar refractivity (Wildman–Crippen MR) is 162 cm³/mol. The molecule has 3 aliphatic rings. The molecular formula is C35H34N4. The van der Waals surface area contributed by atoms with Gasteiger partial charge >= 0.3 is 0 Å². The summed E-state index contributed by atoms with van der Waals surface area (Å²) in [6.45, 7) is 6.16. The van der Waals surface area contributed by atoms with E-state index in [2.05, 4.69) is 157 Å². The topological polar surface area (TPSA) is 13.0 Å². The van der Waals surface area contributed by atoms with Gasteiger partial charge in [-0.15, -0.1) is 0 Å². The Labute approximate surface area is 231 Å². The van der Waals surface area contributed by atoms with Crippen molar-refractivity contribution in [2.24, 2.45) is 0 Å². The van der Waals surface area contributed by atoms with Crippen molar-refractivity contribution in [3.05, 3.63) is 143 Å². The average Bonchev–Trinajstić information content (AvgIpc) is 3.64. The number of hydrogen-bond acceptors (Lipinski definition) is 4. The first-order chi connectivity index (χ1) is 18.9. The van der Waals surface area contributed by atoms with Crippen molar-refractivity contribution in [1.29, 1.82) is 0 Å². The van der Waals surface area contributed by atoms with Crippen molar-refractivity contribution in [3.63, 3.8) is 0 Å². The van der Waals surface area contributed by atoms with E-state index in [-0.39, 0.29) is 0 Å². The van der Waals surface area contributed by atoms with Gasteiger partial charge in [-0.2, -0.15) is 0 Å². The lowest BCUT2D eigenvalue weighted by Crippen LogP contribution is -2.30. The largest absolute Gasteiger partial charge is 0.361 e. The summed E-state index contributed by atoms with van der Waals surface area (Å²) in [7, 11) is 4.24. The van der Waals surface area contributed by atoms with Crippen molar-refractivity contribution in [1.82, 2.24) is 9.80 Å². The molecule has 0 unspecified atom stereocenters. The lowest BCUT2D eigenvalue weighted by atomic mass is 9.67. The van der Waals surface area contributed by atoms with E-state index in [0.717, 1.165) is 13.3 Å². The standard InChI is InChI=1S/C35H34N4/c1-25-17-27(21-29(19-25)38-15-13-36(3)23-38)35(28-18-26(2)20-30(22-28)39-16-14-37(4)24-39)33-11-7-5-9-31(33)32-10-6-8-12-34(32)35/h5-22H,23-24H2,1-4H3. The number of fused-ring (bicyclic) bond motifs is 3. The van der Waals surface area contributed by atoms with Crippen molar-refractivity contribution in [3.8, 4) is 11.1 Å². The maximum atomic E-state index is 2.42. The summed E-state index contributed by atoms with van der Waals surface area (Å²) >= 11 is 0. The molecule has 0 aromatic heterocycles. The van der Waals surface area contributed by atoms with Gasteiger partial charge in [0.1, 0.15) is 0 Å². The van der Waals surface area contributed by atoms with Crippen LogP contribution in [-0.4, -0.2) is 37.2 Å². The number of benzene rings is 4. The van der Waals surface area contributed by atoms with Crippen LogP contribution in [0.1, 0.15) is 33.4 Å². The molecule has 0 N–H and O–H groups in total. The van der Waals surface area contributed by atoms with E-state index < -0.39 is 5.41 Å². The first kappa shape index (κ1) is 23.7. The summed E-state index contributed by atoms with van der Waals surface area (Å²) in [5, 5.41) is 0. The molecule has 0 radical (unpaired) electrons. The van der Waals surface area contributed by atoms with Crippen LogP contribution in [0.15, 0.2) is 110 Å². The molecule has 0 bridgehead atoms. The van der Waals surface area contributed by atoms with Gasteiger partial charge in [0.25, 0.3) is 0 Å². The first-order valence-electron chi connectivity index (χ1n) is 13.7. The minimum atomic E-state index is -0.431. The zero-order valence-corrected chi connectivity index (χ0v) is 23.1. The second kappa shape index (κ2) is 8.81. The van der Waals surface area contributed by atoms with Crippen molar-refractivity contribution in [2.75, 3.05) is 37.2 Å². The molecule has 2 heterocycles. The second-order valence-electron chi connectivity index (χ2n) is 11.3. The Morgan fingerprint density at radius 2 is 0.974 bits per heavy atom. The van der Waals surface area contributed by atoms with Gasteiger partial charge < -0.3 is 19.6 Å². The smallest absolute Gasteiger partial charge is 0.0938 e. The SMILES string of the molecule is Cc1cc(N2C=CN(C)C2)cc(C2(c3cc(C)cc(N4C=CN(C)C4)c3)c3ccccc3-c3ccccc32)c1. The number of nitrogens with zero attached hydrogens (tertiary/aromatic N) is 4. The molecule has 4 aromatic carbocycles. The Morgan fingerprint density at radius 3 is 1.38 bits per heavy atom. The quantitative estimate of drug-likeness (QED) is 0.257. The molecule has 0 amide bonds. The highest BCUT2D eigenvalue weighted by molar-refractivity contribution is 5.87. The van der Waals surface area contributed by atoms with E-state index in [1.54, 1.807) is 0 Å². The number of aryl methyl sites for hydroxylation is 2. The van der Waals surface area contributed by atoms with Crippen LogP contribution in [0.2, 0.25) is 0 Å². The monoisotopic (exact) mass is 510 g/mol. The maximum absolute atomic E-state index is 2.42. The average molecular weight is 511 g/mol. The third kappa shape index (κ3) is 3.66. The highest BCUT2D eigenvalue weighted by atomic mass is 15.3. The van der Waals surface area contributed by atoms with E-state index in [0.29, 0.717) is 0 Å². The number of rotatable bonds is 4. The van der Waals surface area contributed by atoms with Gasteiger partial charge in [-0.25, -0.2) is 0 Å². The number of anilines is 2. The van der Waals surface area contributed by atoms with Crippen LogP contribution < -0.4 is 9.80 Å². The summed E-state index contributed by atoms with van der Waals surface area (Å²) in [5.74, 6) is 0. The van der Waals surface area contributed by atoms with Crippen LogP contribution >= 0.6 is 0 Å². The summed E-state index contributed by atoms with van der Waals surface area (Å²) in [5.41, 5.74) is 12.5. The molecule has 7 rings (SSSR count). The summed E-state index contributed by atoms with van der Waals surface area (Å²) < 4.78 is 0. The van der Waals surface area contributed by atoms with Gasteiger partial charge in [0.05, 0.1) is 18.8 Å². The molecule has 194 valence electrons. The third-order valence-corrected chi connectivity index (χ3v) is 8.36. The molecule has 2 aliphatic heterocycles. The minimum absolute atomic E-state index is 0.431. The Kier molecular flexibility index (Phi) is 5.34. The fraction of sp³-hybridized carbons (Fsp3) is 0.200. The molecule has 1 aliphatic carbocycles. The van der Waals surface area contributed by atoms with E-state index >= 15 is 0 Å². The lowest BCUT2D eigenvalue weighted by molar-refractivity contribution is 0.495. The van der Waals surface area contributed by atoms with E-state index in [4.69, 9.17) is 0 Å². The number of hydrogen-bond donors (Lipinski definition) is 0. The van der Waals surface area contributed by atoms with Gasteiger partial charge in [-0.3, -0.25) is 0 Å². The van der Waals surface area contributed by atoms with Gasteiger partial charge in [-0.05, 0) is 82.6 Å². The molecule has 0 fully saturated rings. The molecule has 4 heteroatoms. The predicted octanol–water partition coefficient (Wildman–Crippen LogP) is 7.03. The van der Waals surface area contributed by atoms with Crippen molar-refractivity contribution < 1.29 is 0 Å². The van der Waals surface area contributed by atoms with Gasteiger partial charge in [-0.1, -0.05) is 60.7 Å². The molecule has 0 saturated heterocycles. The van der Waals surface area contributed by atoms with Crippen LogP contribution in [0, 0.1) is 13.8 Å². The van der Waals surface area contributed by atoms with Crippen molar-refractivity contribution >= 4 is 11.4 Å². The Morgan fingerprint density at radius 1 is 0.538 bits per heavy atom. The van der Waals surface area contributed by atoms with Crippen LogP contribution in [0.5, 0.6) is 0 Å². The normalized spacial score (nSPS) is 16.8. The maximum Gasteiger partial charge on any atom is 0.0938 e. The van der Waals surface area contributed by atoms with Crippen molar-refractivity contribution in [2.45, 2.75) is 19.3 Å². The molecule has 39 heavy (non-hydrogen) atoms. The molecule has 0 saturated carbocycles. The fourth-order valence-corrected chi connectivity index (χ4v) is 6.71. The Balaban J connectivity index is 1.54. The van der Waals surface area contributed by atoms with Crippen LogP contribution in [0.3, 0.4) is 0 Å². The van der Waals surface area contributed by atoms with E-state index in [1.807, 2.05) is 0 Å². The summed E-state index contributed by atoms with van der Waals surface area (Å²) in [4.78, 5) is 9.10. The van der Waals surface area contributed by atoms with E-state index in [1.165, 1.54) is 55.9 Å². The first-order valence-corrected chi connectivity index (χ1v) is 13.7. The van der Waals surface area contributed by atoms with E-state index in [9.17, 15) is 0 Å². The van der Waals surface area contributed by atoms with Crippen LogP contribution in [-0.2, 0) is 5.41 Å². The molecular weight excluding hydrogens is 476 g/mol. The third-order valence-electron chi connectivity index (χ3n) is 8.36. The second-order valence-corrected chi connectivity index (χ2v) is 11.3. The zero-order chi connectivity index (χ0) is 26.7. The van der Waals surface area contributed by atoms with Crippen LogP contribution in [0.4, 0.5) is 11.4 Å². The van der Waals surface area contributed by atoms with Gasteiger partial charge in [0.2, 0.25) is 0 Å². The van der Waals surface area contributed by atoms with Gasteiger partial charge in [0.15, 0.2) is 0 Å². The Hall–Kier alpha value is -4.44. The molecule has 0 spiro atoms. The minimum Gasteiger partial charge on any atom is -0.361 e. The molecule has 4 nitrogen and oxygen atoms in total. The fourth-order valence-electron chi connectivity index (χ4n) is 6.71. The molecule has 0 atom stereocenters. The van der Waals surface area contributed by atoms with Crippen LogP contribution in [0.25, 0.3) is 11.1 Å². The molecule has 4 aromatic rings. The summed E-state index contributed by atoms with van der Waals surface area (Å²) in [6, 6.07) is 32.2. The highest BCUT2D eigenvalue weighted by Crippen LogP contribution is 2.57. The zero-order valence-electron chi connectivity index (χ0n) is 23.1.